The van der Waals surface area contributed by atoms with Crippen molar-refractivity contribution in [1.82, 2.24) is 26.1 Å². The van der Waals surface area contributed by atoms with E-state index in [1.165, 1.54) is 0 Å². The minimum Gasteiger partial charge on any atom is -0.337 e. The van der Waals surface area contributed by atoms with Crippen LogP contribution in [0.3, 0.4) is 0 Å². The third-order valence-electron chi connectivity index (χ3n) is 0.917. The summed E-state index contributed by atoms with van der Waals surface area (Å²) >= 11 is 5.81. The summed E-state index contributed by atoms with van der Waals surface area (Å²) in [5, 5.41) is 13.1. The number of hydrogen-bond donors (Lipinski definition) is 2. The van der Waals surface area contributed by atoms with E-state index < -0.39 is 5.97 Å². The highest BCUT2D eigenvalue weighted by Gasteiger charge is 2.04. The molecule has 1 aromatic rings. The molecule has 9 heteroatoms. The predicted octanol–water partition coefficient (Wildman–Crippen LogP) is -0.190. The molecule has 7 nitrogen and oxygen atoms in total. The Morgan fingerprint density at radius 3 is 3.14 bits per heavy atom. The first kappa shape index (κ1) is 10.6. The van der Waals surface area contributed by atoms with Crippen LogP contribution in [-0.4, -0.2) is 30.9 Å². The van der Waals surface area contributed by atoms with Crippen molar-refractivity contribution in [2.24, 2.45) is 0 Å². The van der Waals surface area contributed by atoms with E-state index in [2.05, 4.69) is 37.5 Å². The van der Waals surface area contributed by atoms with Crippen LogP contribution in [-0.2, 0) is 9.63 Å². The van der Waals surface area contributed by atoms with Crippen LogP contribution >= 0.6 is 24.0 Å². The maximum absolute atomic E-state index is 10.6. The zero-order valence-corrected chi connectivity index (χ0v) is 8.39. The fourth-order valence-electron chi connectivity index (χ4n) is 0.436. The van der Waals surface area contributed by atoms with Crippen molar-refractivity contribution in [3.63, 3.8) is 0 Å². The van der Waals surface area contributed by atoms with Gasteiger partial charge in [0.05, 0.1) is 0 Å². The van der Waals surface area contributed by atoms with Crippen LogP contribution in [0.15, 0.2) is 17.8 Å². The minimum absolute atomic E-state index is 0.207. The monoisotopic (exact) mass is 231 g/mol. The number of rotatable bonds is 2. The zero-order chi connectivity index (χ0) is 10.4. The number of hydrogen-bond acceptors (Lipinski definition) is 7. The average Bonchev–Trinajstić information content (AvgIpc) is 2.66. The first-order chi connectivity index (χ1) is 6.72. The molecule has 1 rings (SSSR count). The molecule has 1 aromatic heterocycles. The molecule has 1 heterocycles. The lowest BCUT2D eigenvalue weighted by Crippen LogP contribution is -2.22. The summed E-state index contributed by atoms with van der Waals surface area (Å²) < 4.78 is 0.207. The summed E-state index contributed by atoms with van der Waals surface area (Å²) in [5.41, 5.74) is 2.23. The van der Waals surface area contributed by atoms with Gasteiger partial charge in [0.2, 0.25) is 5.16 Å². The predicted molar refractivity (Wildman–Crippen MR) is 52.1 cm³/mol. The Kier molecular flexibility index (Phi) is 4.01. The normalized spacial score (nSPS) is 9.14. The molecule has 2 N–H and O–H groups in total. The van der Waals surface area contributed by atoms with E-state index in [-0.39, 0.29) is 4.32 Å². The van der Waals surface area contributed by atoms with Crippen LogP contribution in [0.1, 0.15) is 0 Å². The van der Waals surface area contributed by atoms with E-state index in [1.807, 2.05) is 0 Å². The lowest BCUT2D eigenvalue weighted by atomic mass is 10.7. The molecule has 0 aliphatic rings. The van der Waals surface area contributed by atoms with Gasteiger partial charge in [-0.05, 0) is 34.4 Å². The van der Waals surface area contributed by atoms with Gasteiger partial charge in [0, 0.05) is 6.08 Å². The van der Waals surface area contributed by atoms with Crippen molar-refractivity contribution in [3.05, 3.63) is 12.7 Å². The van der Waals surface area contributed by atoms with Gasteiger partial charge in [-0.15, -0.1) is 5.10 Å². The van der Waals surface area contributed by atoms with Gasteiger partial charge in [-0.1, -0.05) is 6.58 Å². The summed E-state index contributed by atoms with van der Waals surface area (Å²) in [7, 11) is 0. The van der Waals surface area contributed by atoms with E-state index in [4.69, 9.17) is 12.2 Å². The lowest BCUT2D eigenvalue weighted by Gasteiger charge is -2.02. The molecule has 0 saturated heterocycles. The van der Waals surface area contributed by atoms with Gasteiger partial charge in [0.1, 0.15) is 0 Å². The highest BCUT2D eigenvalue weighted by atomic mass is 32.2. The fourth-order valence-corrected chi connectivity index (χ4v) is 1.14. The molecule has 0 spiro atoms. The van der Waals surface area contributed by atoms with Gasteiger partial charge < -0.3 is 4.84 Å². The molecule has 0 radical (unpaired) electrons. The van der Waals surface area contributed by atoms with Gasteiger partial charge in [-0.25, -0.2) is 15.4 Å². The molecule has 14 heavy (non-hydrogen) atoms. The Hall–Kier alpha value is -1.48. The third-order valence-corrected chi connectivity index (χ3v) is 1.89. The molecule has 0 aliphatic carbocycles. The molecule has 0 amide bonds. The summed E-state index contributed by atoms with van der Waals surface area (Å²) in [6.07, 6.45) is 1.01. The lowest BCUT2D eigenvalue weighted by molar-refractivity contribution is -0.141. The molecule has 0 saturated carbocycles. The molecule has 0 fully saturated rings. The van der Waals surface area contributed by atoms with Crippen molar-refractivity contribution in [3.8, 4) is 0 Å². The highest BCUT2D eigenvalue weighted by molar-refractivity contribution is 8.22. The van der Waals surface area contributed by atoms with Gasteiger partial charge in [0.15, 0.2) is 4.32 Å². The topological polar surface area (TPSA) is 92.8 Å². The summed E-state index contributed by atoms with van der Waals surface area (Å²) in [6.45, 7) is 3.21. The molecular weight excluding hydrogens is 226 g/mol. The van der Waals surface area contributed by atoms with Crippen LogP contribution in [0.2, 0.25) is 0 Å². The van der Waals surface area contributed by atoms with Crippen molar-refractivity contribution in [2.45, 2.75) is 5.16 Å². The van der Waals surface area contributed by atoms with Crippen LogP contribution in [0, 0.1) is 0 Å². The molecule has 0 bridgehead atoms. The molecule has 74 valence electrons. The largest absolute Gasteiger partial charge is 0.355 e. The standard InChI is InChI=1S/C5H5N5O2S2/c1-2-3(11)12-8-5(13)14-4-6-9-10-7-4/h2H,1H2,(H,8,13)(H,6,7,9,10). The number of nitrogens with zero attached hydrogens (tertiary/aromatic N) is 3. The number of carbonyl (C=O) groups excluding carboxylic acids is 1. The number of aromatic nitrogens is 4. The average molecular weight is 231 g/mol. The van der Waals surface area contributed by atoms with Crippen LogP contribution < -0.4 is 5.48 Å². The van der Waals surface area contributed by atoms with Gasteiger partial charge in [-0.2, -0.15) is 0 Å². The summed E-state index contributed by atoms with van der Waals surface area (Å²) in [4.78, 5) is 15.0. The number of aromatic amines is 1. The quantitative estimate of drug-likeness (QED) is 0.313. The Balaban J connectivity index is 2.30. The van der Waals surface area contributed by atoms with Crippen LogP contribution in [0.25, 0.3) is 0 Å². The van der Waals surface area contributed by atoms with Crippen LogP contribution in [0.4, 0.5) is 0 Å². The van der Waals surface area contributed by atoms with E-state index in [0.29, 0.717) is 5.16 Å². The fraction of sp³-hybridized carbons (Fsp3) is 0. The summed E-state index contributed by atoms with van der Waals surface area (Å²) in [6, 6.07) is 0. The Morgan fingerprint density at radius 2 is 2.57 bits per heavy atom. The second kappa shape index (κ2) is 5.29. The molecule has 0 unspecified atom stereocenters. The number of nitrogens with one attached hydrogen (secondary N) is 2. The number of hydroxylamine groups is 1. The number of H-pyrrole nitrogens is 1. The Bertz CT molecular complexity index is 338. The van der Waals surface area contributed by atoms with Crippen molar-refractivity contribution in [1.29, 1.82) is 0 Å². The van der Waals surface area contributed by atoms with E-state index in [0.717, 1.165) is 17.8 Å². The molecule has 0 aliphatic heterocycles. The highest BCUT2D eigenvalue weighted by Crippen LogP contribution is 2.10. The van der Waals surface area contributed by atoms with E-state index >= 15 is 0 Å². The smallest absolute Gasteiger partial charge is 0.337 e. The summed E-state index contributed by atoms with van der Waals surface area (Å²) in [5.74, 6) is -0.622. The van der Waals surface area contributed by atoms with Crippen LogP contribution in [0.5, 0.6) is 0 Å². The van der Waals surface area contributed by atoms with Gasteiger partial charge >= 0.3 is 5.97 Å². The van der Waals surface area contributed by atoms with Gasteiger partial charge in [-0.3, -0.25) is 0 Å². The van der Waals surface area contributed by atoms with E-state index in [1.54, 1.807) is 0 Å². The Morgan fingerprint density at radius 1 is 1.79 bits per heavy atom. The number of carbonyl (C=O) groups is 1. The molecular formula is C5H5N5O2S2. The zero-order valence-electron chi connectivity index (χ0n) is 6.76. The Labute approximate surface area is 88.2 Å². The molecule has 0 aromatic carbocycles. The SMILES string of the molecule is C=CC(=O)ONC(=S)Sc1nnn[nH]1. The maximum atomic E-state index is 10.6. The van der Waals surface area contributed by atoms with Crippen molar-refractivity contribution in [2.75, 3.05) is 0 Å². The van der Waals surface area contributed by atoms with Crippen molar-refractivity contribution >= 4 is 34.3 Å². The number of thiocarbonyl (C=S) groups is 1. The number of tetrazole rings is 1. The van der Waals surface area contributed by atoms with E-state index in [9.17, 15) is 4.79 Å². The second-order valence-electron chi connectivity index (χ2n) is 1.82. The third kappa shape index (κ3) is 3.49. The van der Waals surface area contributed by atoms with Gasteiger partial charge in [0.25, 0.3) is 0 Å². The van der Waals surface area contributed by atoms with Crippen molar-refractivity contribution < 1.29 is 9.63 Å². The minimum atomic E-state index is -0.622. The maximum Gasteiger partial charge on any atom is 0.355 e. The first-order valence-corrected chi connectivity index (χ1v) is 4.49. The number of thioether (sulfide) groups is 1. The second-order valence-corrected chi connectivity index (χ2v) is 3.49. The first-order valence-electron chi connectivity index (χ1n) is 3.27. The molecule has 0 atom stereocenters.